The summed E-state index contributed by atoms with van der Waals surface area (Å²) in [5.74, 6) is -0.986. The smallest absolute Gasteiger partial charge is 0.302 e. The third-order valence-corrected chi connectivity index (χ3v) is 4.32. The maximum absolute atomic E-state index is 12.1. The van der Waals surface area contributed by atoms with Crippen molar-refractivity contribution in [2.45, 2.75) is 77.4 Å². The summed E-state index contributed by atoms with van der Waals surface area (Å²) < 4.78 is 17.1. The van der Waals surface area contributed by atoms with Gasteiger partial charge in [0.15, 0.2) is 5.79 Å². The third kappa shape index (κ3) is 3.27. The SMILES string of the molecule is CC(=O)OCC1COC2(CC(C)(C)N(C(C)=O)C(C)(C)C2)O1. The van der Waals surface area contributed by atoms with E-state index in [0.29, 0.717) is 19.4 Å². The first kappa shape index (κ1) is 17.2. The number of rotatable bonds is 2. The molecule has 0 aromatic carbocycles. The second kappa shape index (κ2) is 5.49. The molecule has 2 heterocycles. The minimum absolute atomic E-state index is 0.0549. The van der Waals surface area contributed by atoms with Crippen LogP contribution < -0.4 is 0 Å². The summed E-state index contributed by atoms with van der Waals surface area (Å²) in [5, 5.41) is 0. The summed E-state index contributed by atoms with van der Waals surface area (Å²) in [5.41, 5.74) is -0.742. The zero-order valence-corrected chi connectivity index (χ0v) is 14.4. The van der Waals surface area contributed by atoms with Gasteiger partial charge >= 0.3 is 5.97 Å². The minimum atomic E-state index is -0.718. The van der Waals surface area contributed by atoms with E-state index in [9.17, 15) is 9.59 Å². The van der Waals surface area contributed by atoms with Crippen molar-refractivity contribution in [3.05, 3.63) is 0 Å². The van der Waals surface area contributed by atoms with Crippen molar-refractivity contribution in [2.24, 2.45) is 0 Å². The Bertz CT molecular complexity index is 453. The van der Waals surface area contributed by atoms with Crippen molar-refractivity contribution in [2.75, 3.05) is 13.2 Å². The Morgan fingerprint density at radius 3 is 2.14 bits per heavy atom. The molecule has 2 saturated heterocycles. The Balaban J connectivity index is 2.15. The average molecular weight is 313 g/mol. The Morgan fingerprint density at radius 1 is 1.14 bits per heavy atom. The number of esters is 1. The first-order valence-electron chi connectivity index (χ1n) is 7.74. The van der Waals surface area contributed by atoms with Crippen LogP contribution in [0.15, 0.2) is 0 Å². The highest BCUT2D eigenvalue weighted by Gasteiger charge is 2.57. The van der Waals surface area contributed by atoms with Gasteiger partial charge in [-0.2, -0.15) is 0 Å². The van der Waals surface area contributed by atoms with E-state index in [1.165, 1.54) is 6.92 Å². The van der Waals surface area contributed by atoms with Crippen molar-refractivity contribution < 1.29 is 23.8 Å². The van der Waals surface area contributed by atoms with Crippen LogP contribution in [-0.4, -0.2) is 53.0 Å². The number of carbonyl (C=O) groups excluding carboxylic acids is 2. The Morgan fingerprint density at radius 2 is 1.68 bits per heavy atom. The monoisotopic (exact) mass is 313 g/mol. The molecule has 1 spiro atoms. The summed E-state index contributed by atoms with van der Waals surface area (Å²) in [6, 6.07) is 0. The van der Waals surface area contributed by atoms with Crippen LogP contribution in [0, 0.1) is 0 Å². The number of ether oxygens (including phenoxy) is 3. The molecule has 126 valence electrons. The summed E-state index contributed by atoms with van der Waals surface area (Å²) in [7, 11) is 0. The van der Waals surface area contributed by atoms with E-state index in [1.807, 2.05) is 32.6 Å². The zero-order chi connectivity index (χ0) is 16.8. The lowest BCUT2D eigenvalue weighted by atomic mass is 9.76. The summed E-state index contributed by atoms with van der Waals surface area (Å²) >= 11 is 0. The van der Waals surface area contributed by atoms with Crippen molar-refractivity contribution in [1.29, 1.82) is 0 Å². The molecule has 0 N–H and O–H groups in total. The van der Waals surface area contributed by atoms with Crippen LogP contribution in [-0.2, 0) is 23.8 Å². The molecule has 2 fully saturated rings. The van der Waals surface area contributed by atoms with Crippen LogP contribution in [0.1, 0.15) is 54.4 Å². The first-order chi connectivity index (χ1) is 9.97. The van der Waals surface area contributed by atoms with Crippen LogP contribution in [0.3, 0.4) is 0 Å². The summed E-state index contributed by atoms with van der Waals surface area (Å²) in [4.78, 5) is 24.9. The van der Waals surface area contributed by atoms with Crippen LogP contribution in [0.5, 0.6) is 0 Å². The van der Waals surface area contributed by atoms with Gasteiger partial charge in [-0.3, -0.25) is 9.59 Å². The lowest BCUT2D eigenvalue weighted by molar-refractivity contribution is -0.244. The first-order valence-corrected chi connectivity index (χ1v) is 7.74. The number of amides is 1. The lowest BCUT2D eigenvalue weighted by Crippen LogP contribution is -2.67. The Kier molecular flexibility index (Phi) is 4.30. The zero-order valence-electron chi connectivity index (χ0n) is 14.4. The van der Waals surface area contributed by atoms with Gasteiger partial charge in [-0.25, -0.2) is 0 Å². The average Bonchev–Trinajstić information content (AvgIpc) is 2.64. The summed E-state index contributed by atoms with van der Waals surface area (Å²) in [6.45, 7) is 11.7. The number of hydrogen-bond donors (Lipinski definition) is 0. The van der Waals surface area contributed by atoms with Gasteiger partial charge in [-0.1, -0.05) is 0 Å². The van der Waals surface area contributed by atoms with Gasteiger partial charge in [-0.05, 0) is 27.7 Å². The van der Waals surface area contributed by atoms with E-state index in [2.05, 4.69) is 0 Å². The number of likely N-dealkylation sites (tertiary alicyclic amines) is 1. The number of hydrogen-bond acceptors (Lipinski definition) is 5. The molecular weight excluding hydrogens is 286 g/mol. The van der Waals surface area contributed by atoms with Crippen LogP contribution in [0.4, 0.5) is 0 Å². The standard InChI is InChI=1S/C16H27NO5/c1-11(18)17-14(3,4)9-16(10-15(17,5)6)21-8-13(22-16)7-20-12(2)19/h13H,7-10H2,1-6H3. The maximum Gasteiger partial charge on any atom is 0.302 e. The van der Waals surface area contributed by atoms with Gasteiger partial charge in [0.25, 0.3) is 0 Å². The van der Waals surface area contributed by atoms with Gasteiger partial charge in [0.2, 0.25) is 5.91 Å². The highest BCUT2D eigenvalue weighted by molar-refractivity contribution is 5.75. The lowest BCUT2D eigenvalue weighted by Gasteiger charge is -2.57. The molecule has 1 unspecified atom stereocenters. The van der Waals surface area contributed by atoms with Crippen molar-refractivity contribution in [3.63, 3.8) is 0 Å². The molecule has 6 heteroatoms. The van der Waals surface area contributed by atoms with E-state index >= 15 is 0 Å². The number of carbonyl (C=O) groups is 2. The summed E-state index contributed by atoms with van der Waals surface area (Å²) in [6.07, 6.45) is 0.943. The third-order valence-electron chi connectivity index (χ3n) is 4.32. The molecule has 2 rings (SSSR count). The molecule has 1 atom stereocenters. The molecule has 0 aromatic rings. The van der Waals surface area contributed by atoms with Gasteiger partial charge in [0, 0.05) is 37.8 Å². The van der Waals surface area contributed by atoms with Gasteiger partial charge in [0.1, 0.15) is 12.7 Å². The van der Waals surface area contributed by atoms with E-state index < -0.39 is 5.79 Å². The van der Waals surface area contributed by atoms with E-state index in [0.717, 1.165) is 0 Å². The Labute approximate surface area is 132 Å². The van der Waals surface area contributed by atoms with E-state index in [-0.39, 0.29) is 35.7 Å². The minimum Gasteiger partial charge on any atom is -0.463 e. The highest BCUT2D eigenvalue weighted by Crippen LogP contribution is 2.48. The van der Waals surface area contributed by atoms with Crippen molar-refractivity contribution in [1.82, 2.24) is 4.90 Å². The number of nitrogens with zero attached hydrogens (tertiary/aromatic N) is 1. The molecular formula is C16H27NO5. The van der Waals surface area contributed by atoms with Crippen LogP contribution >= 0.6 is 0 Å². The fourth-order valence-electron chi connectivity index (χ4n) is 4.31. The molecule has 0 radical (unpaired) electrons. The molecule has 1 amide bonds. The molecule has 6 nitrogen and oxygen atoms in total. The largest absolute Gasteiger partial charge is 0.463 e. The van der Waals surface area contributed by atoms with Gasteiger partial charge in [-0.15, -0.1) is 0 Å². The fraction of sp³-hybridized carbons (Fsp3) is 0.875. The molecule has 2 aliphatic heterocycles. The van der Waals surface area contributed by atoms with Crippen molar-refractivity contribution in [3.8, 4) is 0 Å². The van der Waals surface area contributed by atoms with Crippen molar-refractivity contribution >= 4 is 11.9 Å². The second-order valence-electron chi connectivity index (χ2n) is 7.60. The topological polar surface area (TPSA) is 65.1 Å². The molecule has 0 aromatic heterocycles. The maximum atomic E-state index is 12.1. The predicted octanol–water partition coefficient (Wildman–Crippen LogP) is 1.86. The van der Waals surface area contributed by atoms with Crippen LogP contribution in [0.25, 0.3) is 0 Å². The van der Waals surface area contributed by atoms with E-state index in [4.69, 9.17) is 14.2 Å². The highest BCUT2D eigenvalue weighted by atomic mass is 16.8. The molecule has 22 heavy (non-hydrogen) atoms. The second-order valence-corrected chi connectivity index (χ2v) is 7.60. The normalized spacial score (nSPS) is 28.6. The number of piperidine rings is 1. The molecule has 2 aliphatic rings. The Hall–Kier alpha value is -1.14. The predicted molar refractivity (Wildman–Crippen MR) is 80.1 cm³/mol. The van der Waals surface area contributed by atoms with Gasteiger partial charge < -0.3 is 19.1 Å². The quantitative estimate of drug-likeness (QED) is 0.728. The molecule has 0 saturated carbocycles. The van der Waals surface area contributed by atoms with E-state index in [1.54, 1.807) is 6.92 Å². The molecule has 0 aliphatic carbocycles. The van der Waals surface area contributed by atoms with Gasteiger partial charge in [0.05, 0.1) is 6.61 Å². The molecule has 0 bridgehead atoms. The van der Waals surface area contributed by atoms with Crippen LogP contribution in [0.2, 0.25) is 0 Å². The fourth-order valence-corrected chi connectivity index (χ4v) is 4.31.